The van der Waals surface area contributed by atoms with Crippen LogP contribution in [0.1, 0.15) is 5.56 Å². The summed E-state index contributed by atoms with van der Waals surface area (Å²) >= 11 is 12.2. The summed E-state index contributed by atoms with van der Waals surface area (Å²) in [6.45, 7) is 1.83. The van der Waals surface area contributed by atoms with E-state index in [1.165, 1.54) is 12.3 Å². The number of nitrogens with one attached hydrogen (secondary N) is 1. The predicted molar refractivity (Wildman–Crippen MR) is 84.4 cm³/mol. The van der Waals surface area contributed by atoms with Crippen molar-refractivity contribution >= 4 is 59.3 Å². The molecule has 2 rings (SSSR count). The highest BCUT2D eigenvalue weighted by Gasteiger charge is 2.20. The Kier molecular flexibility index (Phi) is 4.68. The number of aromatic nitrogens is 2. The van der Waals surface area contributed by atoms with Crippen molar-refractivity contribution in [1.29, 1.82) is 0 Å². The summed E-state index contributed by atoms with van der Waals surface area (Å²) < 4.78 is 27.7. The van der Waals surface area contributed by atoms with Gasteiger partial charge < -0.3 is 0 Å². The van der Waals surface area contributed by atoms with Gasteiger partial charge in [-0.3, -0.25) is 4.72 Å². The maximum Gasteiger partial charge on any atom is 0.264 e. The van der Waals surface area contributed by atoms with E-state index in [0.29, 0.717) is 4.60 Å². The second kappa shape index (κ2) is 5.97. The molecular weight excluding hydrogens is 433 g/mol. The number of hydrogen-bond acceptors (Lipinski definition) is 4. The first-order valence-electron chi connectivity index (χ1n) is 5.26. The summed E-state index contributed by atoms with van der Waals surface area (Å²) in [7, 11) is -3.83. The van der Waals surface area contributed by atoms with Gasteiger partial charge in [-0.2, -0.15) is 0 Å². The van der Waals surface area contributed by atoms with Gasteiger partial charge in [0, 0.05) is 0 Å². The zero-order valence-electron chi connectivity index (χ0n) is 10.1. The fraction of sp³-hybridized carbons (Fsp3) is 0.0909. The second-order valence-electron chi connectivity index (χ2n) is 3.87. The quantitative estimate of drug-likeness (QED) is 0.787. The molecule has 0 radical (unpaired) electrons. The molecule has 1 N–H and O–H groups in total. The van der Waals surface area contributed by atoms with Crippen LogP contribution in [0.15, 0.2) is 38.5 Å². The van der Waals surface area contributed by atoms with E-state index in [2.05, 4.69) is 46.5 Å². The summed E-state index contributed by atoms with van der Waals surface area (Å²) in [6.07, 6.45) is 1.39. The van der Waals surface area contributed by atoms with Crippen LogP contribution in [0.5, 0.6) is 0 Å². The topological polar surface area (TPSA) is 72.0 Å². The van der Waals surface area contributed by atoms with Crippen LogP contribution in [-0.4, -0.2) is 18.4 Å². The van der Waals surface area contributed by atoms with Crippen LogP contribution in [0.4, 0.5) is 5.82 Å². The zero-order valence-corrected chi connectivity index (χ0v) is 14.8. The van der Waals surface area contributed by atoms with Gasteiger partial charge in [0.25, 0.3) is 10.0 Å². The lowest BCUT2D eigenvalue weighted by Crippen LogP contribution is -2.15. The first-order valence-corrected chi connectivity index (χ1v) is 8.71. The van der Waals surface area contributed by atoms with Crippen LogP contribution in [0, 0.1) is 6.92 Å². The number of hydrogen-bond donors (Lipinski definition) is 1. The number of aryl methyl sites for hydroxylation is 1. The van der Waals surface area contributed by atoms with Crippen LogP contribution in [0.3, 0.4) is 0 Å². The van der Waals surface area contributed by atoms with E-state index < -0.39 is 10.0 Å². The van der Waals surface area contributed by atoms with Crippen LogP contribution in [0.25, 0.3) is 0 Å². The molecular formula is C11H8Br2ClN3O2S. The number of nitrogens with zero attached hydrogens (tertiary/aromatic N) is 2. The van der Waals surface area contributed by atoms with Crippen molar-refractivity contribution in [2.45, 2.75) is 11.8 Å². The van der Waals surface area contributed by atoms with Crippen LogP contribution in [0.2, 0.25) is 5.02 Å². The Morgan fingerprint density at radius 3 is 2.60 bits per heavy atom. The van der Waals surface area contributed by atoms with E-state index >= 15 is 0 Å². The van der Waals surface area contributed by atoms with E-state index in [1.807, 2.05) is 6.92 Å². The number of halogens is 3. The highest BCUT2D eigenvalue weighted by atomic mass is 79.9. The van der Waals surface area contributed by atoms with Gasteiger partial charge in [0.1, 0.15) is 9.50 Å². The van der Waals surface area contributed by atoms with Crippen LogP contribution >= 0.6 is 43.5 Å². The Hall–Kier alpha value is -0.700. The molecule has 20 heavy (non-hydrogen) atoms. The van der Waals surface area contributed by atoms with E-state index in [4.69, 9.17) is 11.6 Å². The Morgan fingerprint density at radius 1 is 1.30 bits per heavy atom. The fourth-order valence-corrected chi connectivity index (χ4v) is 4.08. The highest BCUT2D eigenvalue weighted by molar-refractivity contribution is 9.11. The number of anilines is 1. The number of rotatable bonds is 3. The number of sulfonamides is 1. The molecule has 0 saturated carbocycles. The molecule has 0 aliphatic heterocycles. The molecule has 0 bridgehead atoms. The smallest absolute Gasteiger partial charge is 0.261 e. The average molecular weight is 442 g/mol. The van der Waals surface area contributed by atoms with E-state index in [9.17, 15) is 8.42 Å². The average Bonchev–Trinajstić information content (AvgIpc) is 2.32. The molecule has 0 saturated heterocycles. The van der Waals surface area contributed by atoms with Gasteiger partial charge in [-0.1, -0.05) is 17.7 Å². The normalized spacial score (nSPS) is 11.4. The Bertz CT molecular complexity index is 768. The van der Waals surface area contributed by atoms with Gasteiger partial charge in [-0.05, 0) is 56.5 Å². The third-order valence-electron chi connectivity index (χ3n) is 2.31. The largest absolute Gasteiger partial charge is 0.264 e. The van der Waals surface area contributed by atoms with Gasteiger partial charge in [-0.15, -0.1) is 0 Å². The molecule has 1 aromatic carbocycles. The molecule has 9 heteroatoms. The molecule has 0 amide bonds. The summed E-state index contributed by atoms with van der Waals surface area (Å²) in [5, 5.41) is 0.152. The lowest BCUT2D eigenvalue weighted by Gasteiger charge is -2.10. The van der Waals surface area contributed by atoms with E-state index in [0.717, 1.165) is 5.56 Å². The Labute approximate surface area is 138 Å². The van der Waals surface area contributed by atoms with Crippen molar-refractivity contribution in [2.75, 3.05) is 4.72 Å². The Balaban J connectivity index is 2.41. The third-order valence-corrected chi connectivity index (χ3v) is 5.07. The summed E-state index contributed by atoms with van der Waals surface area (Å²) in [4.78, 5) is 7.93. The lowest BCUT2D eigenvalue weighted by atomic mass is 10.2. The molecule has 2 aromatic rings. The van der Waals surface area contributed by atoms with Gasteiger partial charge in [0.2, 0.25) is 0 Å². The minimum atomic E-state index is -3.83. The van der Waals surface area contributed by atoms with Crippen molar-refractivity contribution in [1.82, 2.24) is 9.97 Å². The first-order chi connectivity index (χ1) is 9.29. The van der Waals surface area contributed by atoms with Crippen LogP contribution < -0.4 is 4.72 Å². The van der Waals surface area contributed by atoms with E-state index in [-0.39, 0.29) is 20.3 Å². The van der Waals surface area contributed by atoms with Gasteiger partial charge >= 0.3 is 0 Å². The van der Waals surface area contributed by atoms with Crippen molar-refractivity contribution in [2.24, 2.45) is 0 Å². The standard InChI is InChI=1S/C11H8Br2ClN3O2S/c1-6-2-3-8(7(14)4-6)20(18,19)17-11-10(13)16-9(12)5-15-11/h2-5H,1H3,(H,15,17). The van der Waals surface area contributed by atoms with Gasteiger partial charge in [0.15, 0.2) is 10.4 Å². The van der Waals surface area contributed by atoms with E-state index in [1.54, 1.807) is 12.1 Å². The van der Waals surface area contributed by atoms with Crippen LogP contribution in [-0.2, 0) is 10.0 Å². The molecule has 0 atom stereocenters. The van der Waals surface area contributed by atoms with Crippen molar-refractivity contribution < 1.29 is 8.42 Å². The first kappa shape index (κ1) is 15.7. The molecule has 1 aromatic heterocycles. The summed E-state index contributed by atoms with van der Waals surface area (Å²) in [5.41, 5.74) is 0.874. The van der Waals surface area contributed by atoms with Crippen molar-refractivity contribution in [3.8, 4) is 0 Å². The molecule has 0 aliphatic rings. The SMILES string of the molecule is Cc1ccc(S(=O)(=O)Nc2ncc(Br)nc2Br)c(Cl)c1. The van der Waals surface area contributed by atoms with Crippen molar-refractivity contribution in [3.05, 3.63) is 44.2 Å². The minimum Gasteiger partial charge on any atom is -0.261 e. The molecule has 5 nitrogen and oxygen atoms in total. The monoisotopic (exact) mass is 439 g/mol. The summed E-state index contributed by atoms with van der Waals surface area (Å²) in [5.74, 6) is 0.0878. The van der Waals surface area contributed by atoms with Gasteiger partial charge in [-0.25, -0.2) is 18.4 Å². The third kappa shape index (κ3) is 3.49. The molecule has 0 unspecified atom stereocenters. The maximum absolute atomic E-state index is 12.3. The maximum atomic E-state index is 12.3. The Morgan fingerprint density at radius 2 is 2.00 bits per heavy atom. The summed E-state index contributed by atoms with van der Waals surface area (Å²) in [6, 6.07) is 4.70. The highest BCUT2D eigenvalue weighted by Crippen LogP contribution is 2.26. The molecule has 106 valence electrons. The second-order valence-corrected chi connectivity index (χ2v) is 7.49. The predicted octanol–water partition coefficient (Wildman–Crippen LogP) is 3.76. The molecule has 0 fully saturated rings. The molecule has 1 heterocycles. The molecule has 0 spiro atoms. The molecule has 0 aliphatic carbocycles. The number of benzene rings is 1. The minimum absolute atomic E-state index is 0.0126. The zero-order chi connectivity index (χ0) is 14.9. The van der Waals surface area contributed by atoms with Crippen molar-refractivity contribution in [3.63, 3.8) is 0 Å². The van der Waals surface area contributed by atoms with Gasteiger partial charge in [0.05, 0.1) is 11.2 Å². The fourth-order valence-electron chi connectivity index (χ4n) is 1.42. The lowest BCUT2D eigenvalue weighted by molar-refractivity contribution is 0.601.